The van der Waals surface area contributed by atoms with Gasteiger partial charge in [-0.25, -0.2) is 0 Å². The molecule has 0 bridgehead atoms. The molecule has 16 heavy (non-hydrogen) atoms. The molecule has 0 aromatic carbocycles. The Balaban J connectivity index is 2.28. The Morgan fingerprint density at radius 2 is 2.00 bits per heavy atom. The average molecular weight is 226 g/mol. The lowest BCUT2D eigenvalue weighted by Gasteiger charge is -2.45. The van der Waals surface area contributed by atoms with Crippen LogP contribution in [0, 0.1) is 11.8 Å². The van der Waals surface area contributed by atoms with Crippen molar-refractivity contribution in [2.75, 3.05) is 26.2 Å². The summed E-state index contributed by atoms with van der Waals surface area (Å²) < 4.78 is 0. The first-order chi connectivity index (χ1) is 7.69. The van der Waals surface area contributed by atoms with Crippen LogP contribution in [0.4, 0.5) is 0 Å². The Bertz CT molecular complexity index is 180. The van der Waals surface area contributed by atoms with E-state index in [2.05, 4.69) is 37.9 Å². The second-order valence-electron chi connectivity index (χ2n) is 5.59. The minimum Gasteiger partial charge on any atom is -0.316 e. The summed E-state index contributed by atoms with van der Waals surface area (Å²) in [6, 6.07) is 0.858. The normalized spacial score (nSPS) is 25.1. The van der Waals surface area contributed by atoms with Crippen molar-refractivity contribution >= 4 is 0 Å². The molecule has 2 heteroatoms. The van der Waals surface area contributed by atoms with Gasteiger partial charge in [0, 0.05) is 12.6 Å². The molecule has 0 amide bonds. The molecule has 0 heterocycles. The van der Waals surface area contributed by atoms with E-state index in [0.29, 0.717) is 0 Å². The summed E-state index contributed by atoms with van der Waals surface area (Å²) in [5.41, 5.74) is 0. The minimum absolute atomic E-state index is 0.796. The minimum atomic E-state index is 0.796. The van der Waals surface area contributed by atoms with E-state index in [4.69, 9.17) is 0 Å². The molecule has 1 fully saturated rings. The van der Waals surface area contributed by atoms with Gasteiger partial charge in [-0.05, 0) is 50.7 Å². The Morgan fingerprint density at radius 1 is 1.25 bits per heavy atom. The van der Waals surface area contributed by atoms with Gasteiger partial charge in [0.05, 0.1) is 0 Å². The third-order valence-electron chi connectivity index (χ3n) is 3.69. The predicted octanol–water partition coefficient (Wildman–Crippen LogP) is 2.74. The van der Waals surface area contributed by atoms with Crippen LogP contribution in [0.5, 0.6) is 0 Å². The highest BCUT2D eigenvalue weighted by molar-refractivity contribution is 4.89. The quantitative estimate of drug-likeness (QED) is 0.640. The smallest absolute Gasteiger partial charge is 0.0136 e. The van der Waals surface area contributed by atoms with E-state index in [-0.39, 0.29) is 0 Å². The van der Waals surface area contributed by atoms with Crippen LogP contribution in [0.25, 0.3) is 0 Å². The average Bonchev–Trinajstić information content (AvgIpc) is 2.21. The van der Waals surface area contributed by atoms with Crippen LogP contribution in [0.15, 0.2) is 0 Å². The van der Waals surface area contributed by atoms with Gasteiger partial charge in [0.1, 0.15) is 0 Å². The van der Waals surface area contributed by atoms with Crippen LogP contribution >= 0.6 is 0 Å². The van der Waals surface area contributed by atoms with Crippen molar-refractivity contribution in [3.05, 3.63) is 0 Å². The second-order valence-corrected chi connectivity index (χ2v) is 5.59. The van der Waals surface area contributed by atoms with Gasteiger partial charge in [0.15, 0.2) is 0 Å². The fourth-order valence-corrected chi connectivity index (χ4v) is 2.70. The highest BCUT2D eigenvalue weighted by atomic mass is 15.2. The van der Waals surface area contributed by atoms with Crippen molar-refractivity contribution in [3.63, 3.8) is 0 Å². The summed E-state index contributed by atoms with van der Waals surface area (Å²) >= 11 is 0. The van der Waals surface area contributed by atoms with Crippen molar-refractivity contribution in [2.24, 2.45) is 11.8 Å². The number of nitrogens with one attached hydrogen (secondary N) is 1. The largest absolute Gasteiger partial charge is 0.316 e. The molecule has 2 atom stereocenters. The van der Waals surface area contributed by atoms with Crippen molar-refractivity contribution in [1.29, 1.82) is 0 Å². The summed E-state index contributed by atoms with van der Waals surface area (Å²) in [5.74, 6) is 1.70. The summed E-state index contributed by atoms with van der Waals surface area (Å²) in [7, 11) is 0. The summed E-state index contributed by atoms with van der Waals surface area (Å²) in [6.45, 7) is 14.1. The fraction of sp³-hybridized carbons (Fsp3) is 1.00. The van der Waals surface area contributed by atoms with E-state index < -0.39 is 0 Å². The van der Waals surface area contributed by atoms with Gasteiger partial charge >= 0.3 is 0 Å². The summed E-state index contributed by atoms with van der Waals surface area (Å²) in [5, 5.41) is 3.57. The van der Waals surface area contributed by atoms with Gasteiger partial charge in [0.25, 0.3) is 0 Å². The predicted molar refractivity (Wildman–Crippen MR) is 71.8 cm³/mol. The monoisotopic (exact) mass is 226 g/mol. The molecule has 1 saturated carbocycles. The molecule has 0 spiro atoms. The van der Waals surface area contributed by atoms with Crippen LogP contribution in [0.2, 0.25) is 0 Å². The molecule has 0 aromatic heterocycles. The maximum atomic E-state index is 3.57. The zero-order valence-corrected chi connectivity index (χ0v) is 11.6. The van der Waals surface area contributed by atoms with Gasteiger partial charge in [-0.3, -0.25) is 0 Å². The number of rotatable bonds is 8. The zero-order valence-electron chi connectivity index (χ0n) is 11.6. The molecule has 2 unspecified atom stereocenters. The van der Waals surface area contributed by atoms with E-state index in [1.807, 2.05) is 0 Å². The number of hydrogen-bond acceptors (Lipinski definition) is 2. The molecule has 2 nitrogen and oxygen atoms in total. The second kappa shape index (κ2) is 7.29. The van der Waals surface area contributed by atoms with E-state index in [1.54, 1.807) is 0 Å². The summed E-state index contributed by atoms with van der Waals surface area (Å²) in [4.78, 5) is 2.69. The Kier molecular flexibility index (Phi) is 6.37. The van der Waals surface area contributed by atoms with Gasteiger partial charge in [-0.2, -0.15) is 0 Å². The molecule has 1 aliphatic rings. The Labute approximate surface area is 102 Å². The van der Waals surface area contributed by atoms with Crippen molar-refractivity contribution in [2.45, 2.75) is 53.0 Å². The fourth-order valence-electron chi connectivity index (χ4n) is 2.70. The molecule has 0 aliphatic heterocycles. The lowest BCUT2D eigenvalue weighted by atomic mass is 9.78. The Hall–Kier alpha value is -0.0800. The third-order valence-corrected chi connectivity index (χ3v) is 3.69. The Morgan fingerprint density at radius 3 is 2.44 bits per heavy atom. The van der Waals surface area contributed by atoms with Crippen molar-refractivity contribution in [3.8, 4) is 0 Å². The molecule has 0 saturated heterocycles. The van der Waals surface area contributed by atoms with Gasteiger partial charge in [-0.1, -0.05) is 27.7 Å². The molecule has 1 N–H and O–H groups in total. The zero-order chi connectivity index (χ0) is 12.0. The van der Waals surface area contributed by atoms with Gasteiger partial charge in [0.2, 0.25) is 0 Å². The summed E-state index contributed by atoms with van der Waals surface area (Å²) in [6.07, 6.45) is 4.09. The molecule has 1 rings (SSSR count). The molecular weight excluding hydrogens is 196 g/mol. The number of hydrogen-bond donors (Lipinski definition) is 1. The lowest BCUT2D eigenvalue weighted by molar-refractivity contribution is 0.0570. The standard InChI is InChI=1S/C14H30N2/c1-5-9-15-10-13-7-8-14(13)16(6-2)11-12(3)4/h12-15H,5-11H2,1-4H3. The molecule has 0 radical (unpaired) electrons. The molecule has 96 valence electrons. The van der Waals surface area contributed by atoms with Crippen LogP contribution in [-0.4, -0.2) is 37.1 Å². The SMILES string of the molecule is CCCNCC1CCC1N(CC)CC(C)C. The van der Waals surface area contributed by atoms with E-state index in [1.165, 1.54) is 45.4 Å². The van der Waals surface area contributed by atoms with Gasteiger partial charge < -0.3 is 10.2 Å². The highest BCUT2D eigenvalue weighted by Gasteiger charge is 2.34. The van der Waals surface area contributed by atoms with E-state index in [0.717, 1.165) is 17.9 Å². The van der Waals surface area contributed by atoms with Crippen LogP contribution in [0.1, 0.15) is 47.0 Å². The maximum absolute atomic E-state index is 3.57. The van der Waals surface area contributed by atoms with E-state index in [9.17, 15) is 0 Å². The lowest BCUT2D eigenvalue weighted by Crippen LogP contribution is -2.51. The van der Waals surface area contributed by atoms with Crippen LogP contribution in [-0.2, 0) is 0 Å². The maximum Gasteiger partial charge on any atom is 0.0136 e. The van der Waals surface area contributed by atoms with Crippen molar-refractivity contribution < 1.29 is 0 Å². The van der Waals surface area contributed by atoms with Crippen molar-refractivity contribution in [1.82, 2.24) is 10.2 Å². The molecule has 1 aliphatic carbocycles. The highest BCUT2D eigenvalue weighted by Crippen LogP contribution is 2.32. The van der Waals surface area contributed by atoms with E-state index >= 15 is 0 Å². The number of nitrogens with zero attached hydrogens (tertiary/aromatic N) is 1. The first kappa shape index (κ1) is 14.0. The van der Waals surface area contributed by atoms with Crippen LogP contribution < -0.4 is 5.32 Å². The first-order valence-electron chi connectivity index (χ1n) is 7.13. The van der Waals surface area contributed by atoms with Gasteiger partial charge in [-0.15, -0.1) is 0 Å². The topological polar surface area (TPSA) is 15.3 Å². The third kappa shape index (κ3) is 4.06. The molecule has 0 aromatic rings. The van der Waals surface area contributed by atoms with Crippen LogP contribution in [0.3, 0.4) is 0 Å². The molecular formula is C14H30N2. The first-order valence-corrected chi connectivity index (χ1v) is 7.13.